The van der Waals surface area contributed by atoms with Gasteiger partial charge in [-0.3, -0.25) is 4.79 Å². The minimum absolute atomic E-state index is 0. The first-order valence-corrected chi connectivity index (χ1v) is 5.28. The number of nitrogens with two attached hydrogens (primary N) is 1. The van der Waals surface area contributed by atoms with Gasteiger partial charge in [-0.1, -0.05) is 18.2 Å². The molecule has 0 saturated heterocycles. The zero-order chi connectivity index (χ0) is 9.42. The highest BCUT2D eigenvalue weighted by molar-refractivity contribution is 9.10. The molecule has 14 heavy (non-hydrogen) atoms. The Hall–Kier alpha value is -0.580. The zero-order valence-corrected chi connectivity index (χ0v) is 10.2. The quantitative estimate of drug-likeness (QED) is 0.862. The van der Waals surface area contributed by atoms with Crippen LogP contribution >= 0.6 is 39.7 Å². The van der Waals surface area contributed by atoms with Gasteiger partial charge in [0, 0.05) is 14.6 Å². The van der Waals surface area contributed by atoms with Crippen LogP contribution in [0.4, 0.5) is 0 Å². The lowest BCUT2D eigenvalue weighted by Crippen LogP contribution is -2.08. The number of primary amides is 1. The van der Waals surface area contributed by atoms with Crippen LogP contribution in [0.2, 0.25) is 0 Å². The number of fused-ring (bicyclic) bond motifs is 1. The summed E-state index contributed by atoms with van der Waals surface area (Å²) in [5.74, 6) is -0.381. The Balaban J connectivity index is 0.000000980. The second kappa shape index (κ2) is 4.29. The highest BCUT2D eigenvalue weighted by Crippen LogP contribution is 2.34. The van der Waals surface area contributed by atoms with E-state index >= 15 is 0 Å². The Morgan fingerprint density at radius 3 is 2.57 bits per heavy atom. The molecule has 0 aliphatic rings. The molecule has 2 rings (SSSR count). The predicted molar refractivity (Wildman–Crippen MR) is 65.3 cm³/mol. The van der Waals surface area contributed by atoms with E-state index in [0.717, 1.165) is 14.6 Å². The lowest BCUT2D eigenvalue weighted by atomic mass is 10.2. The van der Waals surface area contributed by atoms with Crippen LogP contribution in [-0.4, -0.2) is 5.91 Å². The topological polar surface area (TPSA) is 43.1 Å². The van der Waals surface area contributed by atoms with Crippen molar-refractivity contribution < 1.29 is 4.79 Å². The van der Waals surface area contributed by atoms with Gasteiger partial charge in [-0.2, -0.15) is 0 Å². The normalized spacial score (nSPS) is 9.79. The molecule has 0 radical (unpaired) electrons. The third-order valence-electron chi connectivity index (χ3n) is 1.76. The van der Waals surface area contributed by atoms with Crippen molar-refractivity contribution in [2.45, 2.75) is 0 Å². The number of amides is 1. The highest BCUT2D eigenvalue weighted by atomic mass is 79.9. The van der Waals surface area contributed by atoms with Gasteiger partial charge in [-0.25, -0.2) is 0 Å². The average Bonchev–Trinajstić information content (AvgIpc) is 2.45. The fraction of sp³-hybridized carbons (Fsp3) is 0. The number of hydrogen-bond acceptors (Lipinski definition) is 2. The number of halogens is 2. The summed E-state index contributed by atoms with van der Waals surface area (Å²) in [6.45, 7) is 0. The van der Waals surface area contributed by atoms with Crippen molar-refractivity contribution in [3.63, 3.8) is 0 Å². The molecule has 1 amide bonds. The van der Waals surface area contributed by atoms with Crippen LogP contribution in [0.1, 0.15) is 9.67 Å². The summed E-state index contributed by atoms with van der Waals surface area (Å²) >= 11 is 4.77. The van der Waals surface area contributed by atoms with E-state index in [-0.39, 0.29) is 18.3 Å². The van der Waals surface area contributed by atoms with Gasteiger partial charge < -0.3 is 5.73 Å². The van der Waals surface area contributed by atoms with E-state index in [4.69, 9.17) is 5.73 Å². The first-order valence-electron chi connectivity index (χ1n) is 3.67. The van der Waals surface area contributed by atoms with Crippen LogP contribution in [0.25, 0.3) is 10.1 Å². The van der Waals surface area contributed by atoms with E-state index in [2.05, 4.69) is 15.9 Å². The van der Waals surface area contributed by atoms with Gasteiger partial charge in [-0.05, 0) is 22.0 Å². The second-order valence-corrected chi connectivity index (χ2v) is 4.45. The lowest BCUT2D eigenvalue weighted by molar-refractivity contribution is 0.100. The lowest BCUT2D eigenvalue weighted by Gasteiger charge is -1.89. The molecule has 0 atom stereocenters. The molecule has 0 aliphatic carbocycles. The van der Waals surface area contributed by atoms with Gasteiger partial charge in [0.25, 0.3) is 5.91 Å². The van der Waals surface area contributed by atoms with Crippen molar-refractivity contribution in [2.24, 2.45) is 5.73 Å². The van der Waals surface area contributed by atoms with E-state index in [9.17, 15) is 4.79 Å². The molecular weight excluding hydrogens is 286 g/mol. The van der Waals surface area contributed by atoms with Crippen molar-refractivity contribution in [2.75, 3.05) is 0 Å². The molecule has 5 heteroatoms. The molecule has 74 valence electrons. The first kappa shape index (κ1) is 11.5. The maximum Gasteiger partial charge on any atom is 0.259 e. The summed E-state index contributed by atoms with van der Waals surface area (Å²) in [6.07, 6.45) is 0. The van der Waals surface area contributed by atoms with Crippen molar-refractivity contribution >= 4 is 55.7 Å². The fourth-order valence-corrected chi connectivity index (χ4v) is 3.03. The standard InChI is InChI=1S/C9H6BrNOS.ClH/c10-7-5-3-1-2-4-6(5)13-8(7)9(11)12;/h1-4H,(H2,11,12);1H. The van der Waals surface area contributed by atoms with Gasteiger partial charge in [-0.15, -0.1) is 23.7 Å². The number of carbonyl (C=O) groups is 1. The molecule has 2 nitrogen and oxygen atoms in total. The van der Waals surface area contributed by atoms with Crippen LogP contribution in [-0.2, 0) is 0 Å². The Bertz CT molecular complexity index is 483. The van der Waals surface area contributed by atoms with Gasteiger partial charge in [0.2, 0.25) is 0 Å². The summed E-state index contributed by atoms with van der Waals surface area (Å²) in [5.41, 5.74) is 5.22. The summed E-state index contributed by atoms with van der Waals surface area (Å²) in [4.78, 5) is 11.6. The number of hydrogen-bond donors (Lipinski definition) is 1. The maximum absolute atomic E-state index is 11.0. The first-order chi connectivity index (χ1) is 6.20. The third kappa shape index (κ3) is 1.78. The monoisotopic (exact) mass is 291 g/mol. The van der Waals surface area contributed by atoms with E-state index in [0.29, 0.717) is 4.88 Å². The molecule has 2 aromatic rings. The minimum Gasteiger partial charge on any atom is -0.365 e. The third-order valence-corrected chi connectivity index (χ3v) is 4.03. The van der Waals surface area contributed by atoms with Gasteiger partial charge in [0.1, 0.15) is 4.88 Å². The van der Waals surface area contributed by atoms with Crippen LogP contribution < -0.4 is 5.73 Å². The minimum atomic E-state index is -0.381. The molecule has 0 fully saturated rings. The molecule has 1 aromatic carbocycles. The molecule has 0 unspecified atom stereocenters. The van der Waals surface area contributed by atoms with E-state index in [1.54, 1.807) is 0 Å². The molecule has 2 N–H and O–H groups in total. The summed E-state index contributed by atoms with van der Waals surface area (Å²) < 4.78 is 1.88. The summed E-state index contributed by atoms with van der Waals surface area (Å²) in [7, 11) is 0. The number of thiophene rings is 1. The number of carbonyl (C=O) groups excluding carboxylic acids is 1. The highest BCUT2D eigenvalue weighted by Gasteiger charge is 2.12. The molecule has 0 saturated carbocycles. The molecule has 0 bridgehead atoms. The van der Waals surface area contributed by atoms with Crippen LogP contribution in [0.3, 0.4) is 0 Å². The molecule has 1 heterocycles. The van der Waals surface area contributed by atoms with Crippen molar-refractivity contribution in [1.29, 1.82) is 0 Å². The number of rotatable bonds is 1. The molecule has 0 spiro atoms. The van der Waals surface area contributed by atoms with Gasteiger partial charge in [0.15, 0.2) is 0 Å². The smallest absolute Gasteiger partial charge is 0.259 e. The van der Waals surface area contributed by atoms with Gasteiger partial charge >= 0.3 is 0 Å². The largest absolute Gasteiger partial charge is 0.365 e. The van der Waals surface area contributed by atoms with Crippen molar-refractivity contribution in [3.05, 3.63) is 33.6 Å². The summed E-state index contributed by atoms with van der Waals surface area (Å²) in [5, 5.41) is 1.04. The van der Waals surface area contributed by atoms with E-state index in [1.165, 1.54) is 11.3 Å². The van der Waals surface area contributed by atoms with E-state index in [1.807, 2.05) is 24.3 Å². The summed E-state index contributed by atoms with van der Waals surface area (Å²) in [6, 6.07) is 7.81. The zero-order valence-electron chi connectivity index (χ0n) is 6.99. The van der Waals surface area contributed by atoms with Gasteiger partial charge in [0.05, 0.1) is 0 Å². The number of benzene rings is 1. The molecule has 0 aliphatic heterocycles. The Morgan fingerprint density at radius 1 is 1.36 bits per heavy atom. The molecule has 1 aromatic heterocycles. The van der Waals surface area contributed by atoms with Crippen molar-refractivity contribution in [3.8, 4) is 0 Å². The second-order valence-electron chi connectivity index (χ2n) is 2.61. The SMILES string of the molecule is Cl.NC(=O)c1sc2ccccc2c1Br. The fourth-order valence-electron chi connectivity index (χ4n) is 1.17. The van der Waals surface area contributed by atoms with Crippen LogP contribution in [0.5, 0.6) is 0 Å². The maximum atomic E-state index is 11.0. The predicted octanol–water partition coefficient (Wildman–Crippen LogP) is 3.18. The van der Waals surface area contributed by atoms with Crippen molar-refractivity contribution in [1.82, 2.24) is 0 Å². The Kier molecular flexibility index (Phi) is 3.53. The van der Waals surface area contributed by atoms with Crippen LogP contribution in [0, 0.1) is 0 Å². The van der Waals surface area contributed by atoms with Crippen LogP contribution in [0.15, 0.2) is 28.7 Å². The van der Waals surface area contributed by atoms with E-state index < -0.39 is 0 Å². The average molecular weight is 293 g/mol. The Labute approximate surface area is 99.6 Å². The Morgan fingerprint density at radius 2 is 2.00 bits per heavy atom. The molecular formula is C9H7BrClNOS.